The molecule has 4 heteroatoms. The van der Waals surface area contributed by atoms with E-state index < -0.39 is 10.8 Å². The van der Waals surface area contributed by atoms with Crippen LogP contribution < -0.4 is 5.32 Å². The largest absolute Gasteiger partial charge is 0.384 e. The van der Waals surface area contributed by atoms with Crippen LogP contribution in [0, 0.1) is 0 Å². The third-order valence-corrected chi connectivity index (χ3v) is 3.03. The van der Waals surface area contributed by atoms with Gasteiger partial charge in [-0.2, -0.15) is 0 Å². The number of methoxy groups -OCH3 is 1. The SMILES string of the molecule is CCCNCCCS(=O)CCOC. The van der Waals surface area contributed by atoms with Crippen LogP contribution in [0.25, 0.3) is 0 Å². The molecule has 0 heterocycles. The fraction of sp³-hybridized carbons (Fsp3) is 1.00. The molecule has 0 radical (unpaired) electrons. The van der Waals surface area contributed by atoms with E-state index in [4.69, 9.17) is 4.74 Å². The van der Waals surface area contributed by atoms with Crippen molar-refractivity contribution < 1.29 is 8.95 Å². The average molecular weight is 207 g/mol. The summed E-state index contributed by atoms with van der Waals surface area (Å²) >= 11 is 0. The Hall–Kier alpha value is 0.0700. The Morgan fingerprint density at radius 3 is 2.69 bits per heavy atom. The van der Waals surface area contributed by atoms with Crippen LogP contribution in [0.15, 0.2) is 0 Å². The summed E-state index contributed by atoms with van der Waals surface area (Å²) < 4.78 is 16.1. The van der Waals surface area contributed by atoms with Crippen molar-refractivity contribution in [1.82, 2.24) is 5.32 Å². The van der Waals surface area contributed by atoms with Gasteiger partial charge in [-0.3, -0.25) is 4.21 Å². The van der Waals surface area contributed by atoms with Crippen LogP contribution >= 0.6 is 0 Å². The normalized spacial score (nSPS) is 13.1. The topological polar surface area (TPSA) is 38.3 Å². The highest BCUT2D eigenvalue weighted by Gasteiger charge is 1.98. The molecule has 13 heavy (non-hydrogen) atoms. The van der Waals surface area contributed by atoms with Gasteiger partial charge in [-0.05, 0) is 25.9 Å². The van der Waals surface area contributed by atoms with Gasteiger partial charge >= 0.3 is 0 Å². The Bertz CT molecular complexity index is 131. The maximum Gasteiger partial charge on any atom is 0.0577 e. The minimum Gasteiger partial charge on any atom is -0.384 e. The van der Waals surface area contributed by atoms with Crippen molar-refractivity contribution in [2.24, 2.45) is 0 Å². The second-order valence-electron chi connectivity index (χ2n) is 2.94. The molecule has 0 saturated carbocycles. The predicted molar refractivity (Wildman–Crippen MR) is 57.5 cm³/mol. The molecule has 0 aliphatic heterocycles. The van der Waals surface area contributed by atoms with Gasteiger partial charge in [0.1, 0.15) is 0 Å². The minimum atomic E-state index is -0.690. The first-order valence-electron chi connectivity index (χ1n) is 4.86. The molecule has 0 aromatic heterocycles. The van der Waals surface area contributed by atoms with Gasteiger partial charge in [-0.1, -0.05) is 6.92 Å². The van der Waals surface area contributed by atoms with Crippen LogP contribution in [0.4, 0.5) is 0 Å². The van der Waals surface area contributed by atoms with E-state index in [1.165, 1.54) is 0 Å². The molecule has 0 aromatic rings. The second-order valence-corrected chi connectivity index (χ2v) is 4.64. The lowest BCUT2D eigenvalue weighted by Gasteiger charge is -2.03. The number of nitrogens with one attached hydrogen (secondary N) is 1. The maximum atomic E-state index is 11.2. The summed E-state index contributed by atoms with van der Waals surface area (Å²) in [4.78, 5) is 0. The Morgan fingerprint density at radius 1 is 1.31 bits per heavy atom. The van der Waals surface area contributed by atoms with E-state index in [1.54, 1.807) is 7.11 Å². The molecule has 0 rings (SSSR count). The fourth-order valence-electron chi connectivity index (χ4n) is 0.938. The molecule has 1 N–H and O–H groups in total. The molecular weight excluding hydrogens is 186 g/mol. The van der Waals surface area contributed by atoms with Crippen LogP contribution in [-0.4, -0.2) is 42.5 Å². The minimum absolute atomic E-state index is 0.606. The summed E-state index contributed by atoms with van der Waals surface area (Å²) in [6.45, 7) is 4.79. The quantitative estimate of drug-likeness (QED) is 0.568. The first kappa shape index (κ1) is 13.1. The number of ether oxygens (including phenoxy) is 1. The first-order valence-corrected chi connectivity index (χ1v) is 6.34. The van der Waals surface area contributed by atoms with Gasteiger partial charge in [-0.15, -0.1) is 0 Å². The lowest BCUT2D eigenvalue weighted by molar-refractivity contribution is 0.218. The van der Waals surface area contributed by atoms with Gasteiger partial charge < -0.3 is 10.1 Å². The average Bonchev–Trinajstić information content (AvgIpc) is 2.14. The highest BCUT2D eigenvalue weighted by atomic mass is 32.2. The Kier molecular flexibility index (Phi) is 10.2. The van der Waals surface area contributed by atoms with Crippen molar-refractivity contribution >= 4 is 10.8 Å². The smallest absolute Gasteiger partial charge is 0.0577 e. The number of hydrogen-bond acceptors (Lipinski definition) is 3. The summed E-state index contributed by atoms with van der Waals surface area (Å²) in [7, 11) is 0.949. The van der Waals surface area contributed by atoms with Crippen LogP contribution in [0.3, 0.4) is 0 Å². The zero-order chi connectivity index (χ0) is 9.94. The Labute approximate surface area is 83.7 Å². The van der Waals surface area contributed by atoms with Crippen molar-refractivity contribution in [2.75, 3.05) is 38.3 Å². The van der Waals surface area contributed by atoms with Crippen molar-refractivity contribution in [2.45, 2.75) is 19.8 Å². The molecule has 3 nitrogen and oxygen atoms in total. The Balaban J connectivity index is 3.08. The van der Waals surface area contributed by atoms with Crippen molar-refractivity contribution in [3.63, 3.8) is 0 Å². The highest BCUT2D eigenvalue weighted by Crippen LogP contribution is 1.87. The maximum absolute atomic E-state index is 11.2. The van der Waals surface area contributed by atoms with Gasteiger partial charge in [0.15, 0.2) is 0 Å². The van der Waals surface area contributed by atoms with E-state index in [9.17, 15) is 4.21 Å². The third-order valence-electron chi connectivity index (χ3n) is 1.67. The lowest BCUT2D eigenvalue weighted by atomic mass is 10.4. The molecule has 1 unspecified atom stereocenters. The monoisotopic (exact) mass is 207 g/mol. The number of hydrogen-bond donors (Lipinski definition) is 1. The van der Waals surface area contributed by atoms with E-state index in [0.29, 0.717) is 12.4 Å². The van der Waals surface area contributed by atoms with E-state index in [0.717, 1.165) is 31.7 Å². The fourth-order valence-corrected chi connectivity index (χ4v) is 1.96. The van der Waals surface area contributed by atoms with Gasteiger partial charge in [0.05, 0.1) is 6.61 Å². The molecule has 0 aromatic carbocycles. The van der Waals surface area contributed by atoms with Crippen LogP contribution in [0.5, 0.6) is 0 Å². The summed E-state index contributed by atoms with van der Waals surface area (Å²) in [6.07, 6.45) is 2.16. The van der Waals surface area contributed by atoms with Crippen molar-refractivity contribution in [3.05, 3.63) is 0 Å². The van der Waals surface area contributed by atoms with E-state index >= 15 is 0 Å². The second kappa shape index (κ2) is 10.2. The molecule has 1 atom stereocenters. The predicted octanol–water partition coefficient (Wildman–Crippen LogP) is 0.771. The molecule has 0 spiro atoms. The summed E-state index contributed by atoms with van der Waals surface area (Å²) in [5.41, 5.74) is 0. The molecule has 0 bridgehead atoms. The van der Waals surface area contributed by atoms with E-state index in [-0.39, 0.29) is 0 Å². The van der Waals surface area contributed by atoms with E-state index in [1.807, 2.05) is 0 Å². The van der Waals surface area contributed by atoms with Gasteiger partial charge in [0.2, 0.25) is 0 Å². The van der Waals surface area contributed by atoms with Gasteiger partial charge in [0.25, 0.3) is 0 Å². The van der Waals surface area contributed by atoms with Crippen LogP contribution in [-0.2, 0) is 15.5 Å². The highest BCUT2D eigenvalue weighted by molar-refractivity contribution is 7.84. The standard InChI is InChI=1S/C9H21NO2S/c1-3-5-10-6-4-8-13(11)9-7-12-2/h10H,3-9H2,1-2H3. The molecule has 0 aliphatic carbocycles. The van der Waals surface area contributed by atoms with Gasteiger partial charge in [0, 0.05) is 29.4 Å². The number of rotatable bonds is 9. The van der Waals surface area contributed by atoms with E-state index in [2.05, 4.69) is 12.2 Å². The molecule has 0 fully saturated rings. The van der Waals surface area contributed by atoms with Crippen molar-refractivity contribution in [3.8, 4) is 0 Å². The molecule has 80 valence electrons. The molecule has 0 amide bonds. The molecular formula is C9H21NO2S. The zero-order valence-electron chi connectivity index (χ0n) is 8.67. The van der Waals surface area contributed by atoms with Crippen LogP contribution in [0.2, 0.25) is 0 Å². The summed E-state index contributed by atoms with van der Waals surface area (Å²) in [5, 5.41) is 3.28. The molecule has 0 aliphatic rings. The van der Waals surface area contributed by atoms with Crippen molar-refractivity contribution in [1.29, 1.82) is 0 Å². The third kappa shape index (κ3) is 9.99. The first-order chi connectivity index (χ1) is 6.31. The van der Waals surface area contributed by atoms with Crippen LogP contribution in [0.1, 0.15) is 19.8 Å². The molecule has 0 saturated heterocycles. The zero-order valence-corrected chi connectivity index (χ0v) is 9.49. The lowest BCUT2D eigenvalue weighted by Crippen LogP contribution is -2.18. The summed E-state index contributed by atoms with van der Waals surface area (Å²) in [5.74, 6) is 1.46. The van der Waals surface area contributed by atoms with Gasteiger partial charge in [-0.25, -0.2) is 0 Å². The Morgan fingerprint density at radius 2 is 2.08 bits per heavy atom. The summed E-state index contributed by atoms with van der Waals surface area (Å²) in [6, 6.07) is 0.